The molecule has 0 atom stereocenters. The molecule has 5 aromatic rings. The van der Waals surface area contributed by atoms with Gasteiger partial charge in [-0.1, -0.05) is 24.3 Å². The van der Waals surface area contributed by atoms with Crippen LogP contribution in [0.1, 0.15) is 0 Å². The van der Waals surface area contributed by atoms with Gasteiger partial charge in [0.15, 0.2) is 5.58 Å². The summed E-state index contributed by atoms with van der Waals surface area (Å²) in [4.78, 5) is 13.6. The number of rotatable bonds is 1. The molecule has 0 amide bonds. The van der Waals surface area contributed by atoms with E-state index in [2.05, 4.69) is 27.1 Å². The minimum atomic E-state index is 0.589. The number of aromatic nitrogens is 3. The molecule has 0 spiro atoms. The smallest absolute Gasteiger partial charge is 0.229 e. The highest BCUT2D eigenvalue weighted by molar-refractivity contribution is 6.02. The van der Waals surface area contributed by atoms with Crippen LogP contribution in [0.15, 0.2) is 71.4 Å². The second-order valence-corrected chi connectivity index (χ2v) is 5.38. The summed E-state index contributed by atoms with van der Waals surface area (Å²) in [7, 11) is 0. The van der Waals surface area contributed by atoms with Crippen LogP contribution >= 0.6 is 0 Å². The molecule has 0 radical (unpaired) electrons. The van der Waals surface area contributed by atoms with Gasteiger partial charge in [-0.25, -0.2) is 4.98 Å². The fraction of sp³-hybridized carbons (Fsp3) is 0. The van der Waals surface area contributed by atoms with Crippen molar-refractivity contribution in [2.24, 2.45) is 0 Å². The van der Waals surface area contributed by atoms with Crippen molar-refractivity contribution in [3.8, 4) is 11.4 Å². The Labute approximate surface area is 131 Å². The molecule has 0 aliphatic carbocycles. The van der Waals surface area contributed by atoms with Gasteiger partial charge in [-0.05, 0) is 35.7 Å². The van der Waals surface area contributed by atoms with Gasteiger partial charge >= 0.3 is 0 Å². The average Bonchev–Trinajstić information content (AvgIpc) is 2.99. The molecule has 0 fully saturated rings. The Morgan fingerprint density at radius 2 is 1.70 bits per heavy atom. The Balaban J connectivity index is 1.81. The lowest BCUT2D eigenvalue weighted by Gasteiger charge is -2.04. The predicted molar refractivity (Wildman–Crippen MR) is 90.0 cm³/mol. The largest absolute Gasteiger partial charge is 0.436 e. The molecule has 4 heteroatoms. The van der Waals surface area contributed by atoms with Gasteiger partial charge in [-0.3, -0.25) is 9.97 Å². The number of fused-ring (bicyclic) bond motifs is 4. The Morgan fingerprint density at radius 3 is 2.70 bits per heavy atom. The molecule has 4 nitrogen and oxygen atoms in total. The van der Waals surface area contributed by atoms with E-state index >= 15 is 0 Å². The van der Waals surface area contributed by atoms with E-state index in [1.807, 2.05) is 48.7 Å². The summed E-state index contributed by atoms with van der Waals surface area (Å²) in [5.74, 6) is 0. The van der Waals surface area contributed by atoms with Crippen LogP contribution in [-0.2, 0) is 0 Å². The van der Waals surface area contributed by atoms with E-state index < -0.39 is 0 Å². The number of nitrogens with zero attached hydrogens (tertiary/aromatic N) is 3. The predicted octanol–water partition coefficient (Wildman–Crippen LogP) is 4.59. The van der Waals surface area contributed by atoms with Crippen molar-refractivity contribution >= 4 is 33.0 Å². The molecular formula is C19H11N3O. The van der Waals surface area contributed by atoms with Crippen LogP contribution in [0.25, 0.3) is 44.4 Å². The first-order chi connectivity index (χ1) is 11.4. The lowest BCUT2D eigenvalue weighted by molar-refractivity contribution is 0.654. The highest BCUT2D eigenvalue weighted by atomic mass is 16.3. The number of pyridine rings is 3. The van der Waals surface area contributed by atoms with Crippen LogP contribution in [0.4, 0.5) is 0 Å². The van der Waals surface area contributed by atoms with Crippen LogP contribution in [0.2, 0.25) is 0 Å². The molecule has 4 aromatic heterocycles. The van der Waals surface area contributed by atoms with Gasteiger partial charge in [0.1, 0.15) is 5.52 Å². The third kappa shape index (κ3) is 1.82. The van der Waals surface area contributed by atoms with Crippen molar-refractivity contribution in [2.45, 2.75) is 0 Å². The van der Waals surface area contributed by atoms with Crippen LogP contribution in [-0.4, -0.2) is 15.0 Å². The first-order valence-corrected chi connectivity index (χ1v) is 7.38. The fourth-order valence-electron chi connectivity index (χ4n) is 2.93. The van der Waals surface area contributed by atoms with E-state index in [1.54, 1.807) is 6.20 Å². The number of hydrogen-bond donors (Lipinski definition) is 0. The standard InChI is InChI=1S/C19H11N3O/c1-2-5-13-12(4-1)9-11-21-17(13)15-8-7-14-18-16(6-3-10-20-18)23-19(14)22-15/h1-11H. The molecule has 0 N–H and O–H groups in total. The van der Waals surface area contributed by atoms with Crippen LogP contribution in [0.3, 0.4) is 0 Å². The number of benzene rings is 1. The Kier molecular flexibility index (Phi) is 2.46. The van der Waals surface area contributed by atoms with Crippen molar-refractivity contribution in [1.82, 2.24) is 15.0 Å². The van der Waals surface area contributed by atoms with Gasteiger partial charge in [-0.15, -0.1) is 0 Å². The molecule has 23 heavy (non-hydrogen) atoms. The van der Waals surface area contributed by atoms with E-state index in [1.165, 1.54) is 0 Å². The molecule has 5 rings (SSSR count). The van der Waals surface area contributed by atoms with Gasteiger partial charge in [0, 0.05) is 17.8 Å². The van der Waals surface area contributed by atoms with Crippen molar-refractivity contribution in [3.05, 3.63) is 67.0 Å². The lowest BCUT2D eigenvalue weighted by Crippen LogP contribution is -1.89. The molecule has 108 valence electrons. The third-order valence-electron chi connectivity index (χ3n) is 4.01. The monoisotopic (exact) mass is 297 g/mol. The molecule has 1 aromatic carbocycles. The second kappa shape index (κ2) is 4.61. The Bertz CT molecular complexity index is 1170. The number of hydrogen-bond acceptors (Lipinski definition) is 4. The lowest BCUT2D eigenvalue weighted by atomic mass is 10.1. The normalized spacial score (nSPS) is 11.5. The van der Waals surface area contributed by atoms with Crippen LogP contribution < -0.4 is 0 Å². The molecule has 0 unspecified atom stereocenters. The highest BCUT2D eigenvalue weighted by Gasteiger charge is 2.12. The molecular weight excluding hydrogens is 286 g/mol. The summed E-state index contributed by atoms with van der Waals surface area (Å²) in [6, 6.07) is 17.9. The third-order valence-corrected chi connectivity index (χ3v) is 4.01. The van der Waals surface area contributed by atoms with Crippen molar-refractivity contribution < 1.29 is 4.42 Å². The summed E-state index contributed by atoms with van der Waals surface area (Å²) in [5.41, 5.74) is 3.84. The van der Waals surface area contributed by atoms with E-state index in [0.29, 0.717) is 5.71 Å². The molecule has 0 bridgehead atoms. The SMILES string of the molecule is c1ccc2c(-c3ccc4c(n3)oc3cccnc34)nccc2c1. The highest BCUT2D eigenvalue weighted by Crippen LogP contribution is 2.30. The number of furan rings is 1. The van der Waals surface area contributed by atoms with Crippen LogP contribution in [0.5, 0.6) is 0 Å². The summed E-state index contributed by atoms with van der Waals surface area (Å²) < 4.78 is 5.83. The maximum absolute atomic E-state index is 5.83. The van der Waals surface area contributed by atoms with Crippen molar-refractivity contribution in [1.29, 1.82) is 0 Å². The van der Waals surface area contributed by atoms with Gasteiger partial charge < -0.3 is 4.42 Å². The molecule has 0 aliphatic heterocycles. The second-order valence-electron chi connectivity index (χ2n) is 5.38. The van der Waals surface area contributed by atoms with Crippen LogP contribution in [0, 0.1) is 0 Å². The van der Waals surface area contributed by atoms with E-state index in [4.69, 9.17) is 4.42 Å². The van der Waals surface area contributed by atoms with E-state index in [0.717, 1.165) is 38.6 Å². The van der Waals surface area contributed by atoms with E-state index in [9.17, 15) is 0 Å². The summed E-state index contributed by atoms with van der Waals surface area (Å²) in [5, 5.41) is 3.14. The topological polar surface area (TPSA) is 51.8 Å². The van der Waals surface area contributed by atoms with Crippen molar-refractivity contribution in [3.63, 3.8) is 0 Å². The summed E-state index contributed by atoms with van der Waals surface area (Å²) in [6.45, 7) is 0. The zero-order chi connectivity index (χ0) is 15.2. The Morgan fingerprint density at radius 1 is 0.739 bits per heavy atom. The molecule has 0 saturated carbocycles. The Hall–Kier alpha value is -3.27. The molecule has 0 saturated heterocycles. The summed E-state index contributed by atoms with van der Waals surface area (Å²) in [6.07, 6.45) is 3.57. The minimum absolute atomic E-state index is 0.589. The summed E-state index contributed by atoms with van der Waals surface area (Å²) >= 11 is 0. The molecule has 4 heterocycles. The first kappa shape index (κ1) is 12.3. The fourth-order valence-corrected chi connectivity index (χ4v) is 2.93. The molecule has 0 aliphatic rings. The average molecular weight is 297 g/mol. The zero-order valence-corrected chi connectivity index (χ0v) is 12.1. The maximum atomic E-state index is 5.83. The van der Waals surface area contributed by atoms with Gasteiger partial charge in [0.2, 0.25) is 5.71 Å². The van der Waals surface area contributed by atoms with E-state index in [-0.39, 0.29) is 0 Å². The van der Waals surface area contributed by atoms with Gasteiger partial charge in [-0.2, -0.15) is 0 Å². The van der Waals surface area contributed by atoms with Crippen molar-refractivity contribution in [2.75, 3.05) is 0 Å². The first-order valence-electron chi connectivity index (χ1n) is 7.38. The minimum Gasteiger partial charge on any atom is -0.436 e. The maximum Gasteiger partial charge on any atom is 0.229 e. The zero-order valence-electron chi connectivity index (χ0n) is 12.1. The van der Waals surface area contributed by atoms with Gasteiger partial charge in [0.05, 0.1) is 16.8 Å². The van der Waals surface area contributed by atoms with Gasteiger partial charge in [0.25, 0.3) is 0 Å². The quantitative estimate of drug-likeness (QED) is 0.454.